The van der Waals surface area contributed by atoms with Crippen LogP contribution in [-0.4, -0.2) is 61.7 Å². The largest absolute Gasteiger partial charge is 0.371 e. The van der Waals surface area contributed by atoms with Crippen LogP contribution in [0.3, 0.4) is 0 Å². The molecular formula is C24H33N3. The molecule has 0 bridgehead atoms. The zero-order valence-corrected chi connectivity index (χ0v) is 17.1. The Morgan fingerprint density at radius 1 is 0.889 bits per heavy atom. The van der Waals surface area contributed by atoms with Crippen molar-refractivity contribution in [1.29, 1.82) is 0 Å². The third-order valence-corrected chi connectivity index (χ3v) is 6.64. The van der Waals surface area contributed by atoms with Gasteiger partial charge in [0, 0.05) is 50.5 Å². The number of hydrogen-bond donors (Lipinski definition) is 0. The summed E-state index contributed by atoms with van der Waals surface area (Å²) in [5, 5.41) is 0. The Labute approximate surface area is 164 Å². The Balaban J connectivity index is 1.42. The summed E-state index contributed by atoms with van der Waals surface area (Å²) in [5.74, 6) is 0. The quantitative estimate of drug-likeness (QED) is 0.806. The van der Waals surface area contributed by atoms with E-state index in [1.807, 2.05) is 0 Å². The molecule has 0 aliphatic carbocycles. The molecule has 0 aromatic heterocycles. The molecular weight excluding hydrogens is 330 g/mol. The molecule has 0 amide bonds. The highest BCUT2D eigenvalue weighted by Crippen LogP contribution is 2.29. The second kappa shape index (κ2) is 8.04. The number of anilines is 1. The van der Waals surface area contributed by atoms with Crippen LogP contribution in [0.4, 0.5) is 5.69 Å². The van der Waals surface area contributed by atoms with Crippen molar-refractivity contribution in [2.75, 3.05) is 44.7 Å². The summed E-state index contributed by atoms with van der Waals surface area (Å²) in [6.07, 6.45) is 2.57. The summed E-state index contributed by atoms with van der Waals surface area (Å²) in [6.45, 7) is 10.6. The van der Waals surface area contributed by atoms with E-state index in [0.29, 0.717) is 6.04 Å². The average molecular weight is 364 g/mol. The van der Waals surface area contributed by atoms with Gasteiger partial charge in [-0.25, -0.2) is 0 Å². The van der Waals surface area contributed by atoms with Gasteiger partial charge < -0.3 is 9.80 Å². The van der Waals surface area contributed by atoms with E-state index in [4.69, 9.17) is 0 Å². The molecule has 2 aromatic rings. The molecule has 0 radical (unpaired) electrons. The smallest absolute Gasteiger partial charge is 0.0372 e. The first-order valence-corrected chi connectivity index (χ1v) is 10.5. The fourth-order valence-electron chi connectivity index (χ4n) is 4.66. The Bertz CT molecular complexity index is 764. The van der Waals surface area contributed by atoms with E-state index in [2.05, 4.69) is 84.1 Å². The summed E-state index contributed by atoms with van der Waals surface area (Å²) in [5.41, 5.74) is 5.40. The minimum absolute atomic E-state index is 0.683. The van der Waals surface area contributed by atoms with Gasteiger partial charge in [-0.15, -0.1) is 0 Å². The van der Waals surface area contributed by atoms with Crippen LogP contribution in [0.2, 0.25) is 0 Å². The standard InChI is InChI=1S/C24H33N3/c1-19-7-4-5-10-24(19)21-8-6-9-23(17-21)26-13-11-22(12-14-26)27-16-15-25(3)20(2)18-27/h4-10,17,20,22H,11-16,18H2,1-3H3/t20-/m0/s1. The van der Waals surface area contributed by atoms with Crippen LogP contribution in [-0.2, 0) is 0 Å². The third-order valence-electron chi connectivity index (χ3n) is 6.64. The van der Waals surface area contributed by atoms with E-state index in [1.165, 1.54) is 67.9 Å². The molecule has 27 heavy (non-hydrogen) atoms. The van der Waals surface area contributed by atoms with E-state index in [9.17, 15) is 0 Å². The van der Waals surface area contributed by atoms with Crippen molar-refractivity contribution in [3.8, 4) is 11.1 Å². The normalized spacial score (nSPS) is 22.9. The fourth-order valence-corrected chi connectivity index (χ4v) is 4.66. The monoisotopic (exact) mass is 363 g/mol. The second-order valence-corrected chi connectivity index (χ2v) is 8.41. The molecule has 1 atom stereocenters. The van der Waals surface area contributed by atoms with Crippen LogP contribution in [0.25, 0.3) is 11.1 Å². The SMILES string of the molecule is Cc1ccccc1-c1cccc(N2CCC(N3CCN(C)[C@@H](C)C3)CC2)c1. The van der Waals surface area contributed by atoms with E-state index < -0.39 is 0 Å². The second-order valence-electron chi connectivity index (χ2n) is 8.41. The summed E-state index contributed by atoms with van der Waals surface area (Å²) >= 11 is 0. The Hall–Kier alpha value is -1.84. The van der Waals surface area contributed by atoms with Gasteiger partial charge in [0.05, 0.1) is 0 Å². The summed E-state index contributed by atoms with van der Waals surface area (Å²) in [7, 11) is 2.26. The highest BCUT2D eigenvalue weighted by molar-refractivity contribution is 5.71. The minimum atomic E-state index is 0.683. The molecule has 0 unspecified atom stereocenters. The molecule has 3 nitrogen and oxygen atoms in total. The number of likely N-dealkylation sites (N-methyl/N-ethyl adjacent to an activating group) is 1. The van der Waals surface area contributed by atoms with E-state index in [1.54, 1.807) is 0 Å². The first kappa shape index (κ1) is 18.5. The predicted molar refractivity (Wildman–Crippen MR) is 116 cm³/mol. The maximum Gasteiger partial charge on any atom is 0.0372 e. The molecule has 2 heterocycles. The number of hydrogen-bond acceptors (Lipinski definition) is 3. The molecule has 2 aliphatic rings. The van der Waals surface area contributed by atoms with Gasteiger partial charge in [-0.05, 0) is 62.6 Å². The minimum Gasteiger partial charge on any atom is -0.371 e. The zero-order valence-electron chi connectivity index (χ0n) is 17.1. The van der Waals surface area contributed by atoms with Gasteiger partial charge in [0.2, 0.25) is 0 Å². The Morgan fingerprint density at radius 3 is 2.41 bits per heavy atom. The number of benzene rings is 2. The van der Waals surface area contributed by atoms with Crippen LogP contribution < -0.4 is 4.90 Å². The summed E-state index contributed by atoms with van der Waals surface area (Å²) in [4.78, 5) is 7.81. The van der Waals surface area contributed by atoms with Crippen molar-refractivity contribution in [1.82, 2.24) is 9.80 Å². The van der Waals surface area contributed by atoms with Crippen LogP contribution in [0, 0.1) is 6.92 Å². The van der Waals surface area contributed by atoms with Crippen molar-refractivity contribution >= 4 is 5.69 Å². The third kappa shape index (κ3) is 4.04. The van der Waals surface area contributed by atoms with Crippen LogP contribution in [0.15, 0.2) is 48.5 Å². The van der Waals surface area contributed by atoms with Crippen LogP contribution in [0.1, 0.15) is 25.3 Å². The predicted octanol–water partition coefficient (Wildman–Crippen LogP) is 4.27. The lowest BCUT2D eigenvalue weighted by atomic mass is 9.98. The van der Waals surface area contributed by atoms with Crippen LogP contribution >= 0.6 is 0 Å². The summed E-state index contributed by atoms with van der Waals surface area (Å²) in [6, 6.07) is 19.2. The lowest BCUT2D eigenvalue weighted by molar-refractivity contribution is 0.0627. The number of nitrogens with zero attached hydrogens (tertiary/aromatic N) is 3. The van der Waals surface area contributed by atoms with E-state index in [-0.39, 0.29) is 0 Å². The van der Waals surface area contributed by atoms with Crippen molar-refractivity contribution in [2.45, 2.75) is 38.8 Å². The number of piperidine rings is 1. The maximum absolute atomic E-state index is 2.74. The van der Waals surface area contributed by atoms with Crippen molar-refractivity contribution < 1.29 is 0 Å². The van der Waals surface area contributed by atoms with Gasteiger partial charge in [-0.1, -0.05) is 36.4 Å². The highest BCUT2D eigenvalue weighted by Gasteiger charge is 2.29. The van der Waals surface area contributed by atoms with Crippen molar-refractivity contribution in [2.24, 2.45) is 0 Å². The molecule has 0 spiro atoms. The lowest BCUT2D eigenvalue weighted by Crippen LogP contribution is -2.55. The topological polar surface area (TPSA) is 9.72 Å². The lowest BCUT2D eigenvalue weighted by Gasteiger charge is -2.45. The Kier molecular flexibility index (Phi) is 5.51. The first-order valence-electron chi connectivity index (χ1n) is 10.5. The molecule has 0 saturated carbocycles. The molecule has 2 fully saturated rings. The molecule has 2 aliphatic heterocycles. The first-order chi connectivity index (χ1) is 13.1. The van der Waals surface area contributed by atoms with Crippen molar-refractivity contribution in [3.05, 3.63) is 54.1 Å². The van der Waals surface area contributed by atoms with Gasteiger partial charge in [-0.2, -0.15) is 0 Å². The van der Waals surface area contributed by atoms with Crippen LogP contribution in [0.5, 0.6) is 0 Å². The molecule has 2 saturated heterocycles. The van der Waals surface area contributed by atoms with Gasteiger partial charge in [0.25, 0.3) is 0 Å². The van der Waals surface area contributed by atoms with Gasteiger partial charge >= 0.3 is 0 Å². The average Bonchev–Trinajstić information content (AvgIpc) is 2.71. The molecule has 3 heteroatoms. The zero-order chi connectivity index (χ0) is 18.8. The molecule has 2 aromatic carbocycles. The molecule has 0 N–H and O–H groups in total. The van der Waals surface area contributed by atoms with Gasteiger partial charge in [0.15, 0.2) is 0 Å². The fraction of sp³-hybridized carbons (Fsp3) is 0.500. The Morgan fingerprint density at radius 2 is 1.67 bits per heavy atom. The maximum atomic E-state index is 2.74. The highest BCUT2D eigenvalue weighted by atomic mass is 15.3. The van der Waals surface area contributed by atoms with E-state index >= 15 is 0 Å². The number of aryl methyl sites for hydroxylation is 1. The van der Waals surface area contributed by atoms with Gasteiger partial charge in [0.1, 0.15) is 0 Å². The molecule has 144 valence electrons. The molecule has 4 rings (SSSR count). The number of piperazine rings is 1. The van der Waals surface area contributed by atoms with E-state index in [0.717, 1.165) is 6.04 Å². The van der Waals surface area contributed by atoms with Gasteiger partial charge in [-0.3, -0.25) is 4.90 Å². The summed E-state index contributed by atoms with van der Waals surface area (Å²) < 4.78 is 0. The van der Waals surface area contributed by atoms with Crippen molar-refractivity contribution in [3.63, 3.8) is 0 Å². The number of rotatable bonds is 3.